The van der Waals surface area contributed by atoms with Gasteiger partial charge >= 0.3 is 0 Å². The van der Waals surface area contributed by atoms with Gasteiger partial charge in [0.2, 0.25) is 0 Å². The number of hydrogen-bond acceptors (Lipinski definition) is 4. The van der Waals surface area contributed by atoms with Crippen molar-refractivity contribution in [3.63, 3.8) is 0 Å². The minimum absolute atomic E-state index is 0.0624. The minimum atomic E-state index is -0.742. The third-order valence-electron chi connectivity index (χ3n) is 4.52. The lowest BCUT2D eigenvalue weighted by Gasteiger charge is -2.37. The van der Waals surface area contributed by atoms with E-state index in [0.717, 1.165) is 25.2 Å². The van der Waals surface area contributed by atoms with Crippen molar-refractivity contribution in [2.45, 2.75) is 51.0 Å². The van der Waals surface area contributed by atoms with E-state index in [-0.39, 0.29) is 17.1 Å². The first-order valence-electron chi connectivity index (χ1n) is 8.65. The molecule has 134 valence electrons. The molecule has 0 bridgehead atoms. The second kappa shape index (κ2) is 8.03. The molecule has 1 fully saturated rings. The van der Waals surface area contributed by atoms with Gasteiger partial charge in [-0.3, -0.25) is 9.78 Å². The molecule has 1 aromatic rings. The van der Waals surface area contributed by atoms with Crippen molar-refractivity contribution in [1.82, 2.24) is 15.6 Å². The Morgan fingerprint density at radius 3 is 2.71 bits per heavy atom. The first kappa shape index (κ1) is 18.8. The number of pyridine rings is 1. The monoisotopic (exact) mass is 337 g/mol. The summed E-state index contributed by atoms with van der Waals surface area (Å²) in [5, 5.41) is 6.30. The second-order valence-electron chi connectivity index (χ2n) is 7.02. The number of carbonyl (C=O) groups is 1. The second-order valence-corrected chi connectivity index (χ2v) is 7.02. The molecule has 1 aliphatic rings. The molecule has 2 heterocycles. The van der Waals surface area contributed by atoms with Crippen LogP contribution >= 0.6 is 0 Å². The average molecular weight is 337 g/mol. The molecule has 0 aromatic carbocycles. The smallest absolute Gasteiger partial charge is 0.252 e. The molecular weight excluding hydrogens is 309 g/mol. The minimum Gasteiger partial charge on any atom is -0.365 e. The van der Waals surface area contributed by atoms with Gasteiger partial charge in [0.1, 0.15) is 11.4 Å². The van der Waals surface area contributed by atoms with Crippen LogP contribution in [0.25, 0.3) is 0 Å². The Labute approximate surface area is 143 Å². The summed E-state index contributed by atoms with van der Waals surface area (Å²) in [6, 6.07) is 3.06. The number of nitrogens with one attached hydrogen (secondary N) is 2. The average Bonchev–Trinajstić information content (AvgIpc) is 2.59. The number of aromatic nitrogens is 1. The highest BCUT2D eigenvalue weighted by Gasteiger charge is 2.41. The van der Waals surface area contributed by atoms with Gasteiger partial charge < -0.3 is 15.4 Å². The predicted molar refractivity (Wildman–Crippen MR) is 91.3 cm³/mol. The summed E-state index contributed by atoms with van der Waals surface area (Å²) < 4.78 is 19.0. The summed E-state index contributed by atoms with van der Waals surface area (Å²) in [7, 11) is 0. The zero-order valence-electron chi connectivity index (χ0n) is 14.8. The summed E-state index contributed by atoms with van der Waals surface area (Å²) in [5.74, 6) is -0.423. The molecular formula is C18H28FN3O2. The maximum Gasteiger partial charge on any atom is 0.252 e. The van der Waals surface area contributed by atoms with Crippen LogP contribution in [0.5, 0.6) is 0 Å². The topological polar surface area (TPSA) is 63.2 Å². The van der Waals surface area contributed by atoms with Crippen molar-refractivity contribution in [1.29, 1.82) is 0 Å². The highest BCUT2D eigenvalue weighted by Crippen LogP contribution is 2.25. The summed E-state index contributed by atoms with van der Waals surface area (Å²) in [4.78, 5) is 17.0. The zero-order chi connectivity index (χ0) is 17.6. The fraction of sp³-hybridized carbons (Fsp3) is 0.667. The molecule has 5 nitrogen and oxygen atoms in total. The fourth-order valence-electron chi connectivity index (χ4n) is 2.89. The van der Waals surface area contributed by atoms with Crippen LogP contribution in [0.2, 0.25) is 0 Å². The number of rotatable bonds is 7. The number of halogens is 1. The van der Waals surface area contributed by atoms with Gasteiger partial charge in [0.25, 0.3) is 5.91 Å². The van der Waals surface area contributed by atoms with Crippen LogP contribution in [0, 0.1) is 5.82 Å². The van der Waals surface area contributed by atoms with Gasteiger partial charge in [0.05, 0.1) is 6.20 Å². The molecule has 1 amide bonds. The third-order valence-corrected chi connectivity index (χ3v) is 4.52. The van der Waals surface area contributed by atoms with Crippen LogP contribution in [0.4, 0.5) is 4.39 Å². The van der Waals surface area contributed by atoms with E-state index in [1.807, 2.05) is 20.8 Å². The maximum absolute atomic E-state index is 13.0. The predicted octanol–water partition coefficient (Wildman–Crippen LogP) is 2.16. The van der Waals surface area contributed by atoms with E-state index in [4.69, 9.17) is 4.74 Å². The summed E-state index contributed by atoms with van der Waals surface area (Å²) >= 11 is 0. The first-order chi connectivity index (χ1) is 11.4. The van der Waals surface area contributed by atoms with Crippen molar-refractivity contribution >= 4 is 5.91 Å². The van der Waals surface area contributed by atoms with Crippen LogP contribution in [0.15, 0.2) is 18.3 Å². The lowest BCUT2D eigenvalue weighted by molar-refractivity contribution is -0.151. The molecule has 2 rings (SSSR count). The quantitative estimate of drug-likeness (QED) is 0.800. The van der Waals surface area contributed by atoms with Crippen molar-refractivity contribution in [2.24, 2.45) is 0 Å². The van der Waals surface area contributed by atoms with Crippen LogP contribution in [-0.4, -0.2) is 42.7 Å². The van der Waals surface area contributed by atoms with E-state index < -0.39 is 5.60 Å². The van der Waals surface area contributed by atoms with Gasteiger partial charge in [-0.1, -0.05) is 20.8 Å². The van der Waals surface area contributed by atoms with Gasteiger partial charge in [0, 0.05) is 24.3 Å². The van der Waals surface area contributed by atoms with E-state index in [9.17, 15) is 9.18 Å². The van der Waals surface area contributed by atoms with Gasteiger partial charge in [0.15, 0.2) is 0 Å². The van der Waals surface area contributed by atoms with Crippen molar-refractivity contribution in [2.75, 3.05) is 26.2 Å². The number of ether oxygens (including phenoxy) is 1. The standard InChI is InChI=1S/C18H28FN3O2/c1-4-11-24-18(7-9-20-10-8-18)16(23)22-13-17(2,3)15-6-5-14(19)12-21-15/h5-6,12,20H,4,7-11,13H2,1-3H3,(H,22,23). The van der Waals surface area contributed by atoms with Crippen LogP contribution in [0.3, 0.4) is 0 Å². The molecule has 0 saturated carbocycles. The Morgan fingerprint density at radius 2 is 2.12 bits per heavy atom. The lowest BCUT2D eigenvalue weighted by Crippen LogP contribution is -2.56. The van der Waals surface area contributed by atoms with Crippen LogP contribution < -0.4 is 10.6 Å². The molecule has 6 heteroatoms. The third kappa shape index (κ3) is 4.51. The number of hydrogen-bond donors (Lipinski definition) is 2. The van der Waals surface area contributed by atoms with Crippen molar-refractivity contribution in [3.8, 4) is 0 Å². The molecule has 0 unspecified atom stereocenters. The molecule has 0 radical (unpaired) electrons. The normalized spacial score (nSPS) is 17.5. The molecule has 1 saturated heterocycles. The number of carbonyl (C=O) groups excluding carboxylic acids is 1. The van der Waals surface area contributed by atoms with E-state index in [2.05, 4.69) is 15.6 Å². The van der Waals surface area contributed by atoms with E-state index >= 15 is 0 Å². The molecule has 24 heavy (non-hydrogen) atoms. The van der Waals surface area contributed by atoms with E-state index in [0.29, 0.717) is 26.0 Å². The Balaban J connectivity index is 2.02. The van der Waals surface area contributed by atoms with Gasteiger partial charge in [-0.05, 0) is 44.5 Å². The summed E-state index contributed by atoms with van der Waals surface area (Å²) in [6.45, 7) is 8.56. The zero-order valence-corrected chi connectivity index (χ0v) is 14.8. The van der Waals surface area contributed by atoms with Crippen LogP contribution in [-0.2, 0) is 14.9 Å². The van der Waals surface area contributed by atoms with Gasteiger partial charge in [-0.2, -0.15) is 0 Å². The maximum atomic E-state index is 13.0. The van der Waals surface area contributed by atoms with E-state index in [1.54, 1.807) is 6.07 Å². The van der Waals surface area contributed by atoms with Gasteiger partial charge in [-0.25, -0.2) is 4.39 Å². The molecule has 2 N–H and O–H groups in total. The molecule has 1 aliphatic heterocycles. The van der Waals surface area contributed by atoms with Crippen molar-refractivity contribution in [3.05, 3.63) is 29.8 Å². The highest BCUT2D eigenvalue weighted by molar-refractivity contribution is 5.85. The van der Waals surface area contributed by atoms with E-state index in [1.165, 1.54) is 12.3 Å². The molecule has 1 aromatic heterocycles. The number of nitrogens with zero attached hydrogens (tertiary/aromatic N) is 1. The molecule has 0 aliphatic carbocycles. The summed E-state index contributed by atoms with van der Waals surface area (Å²) in [5.41, 5.74) is -0.381. The largest absolute Gasteiger partial charge is 0.365 e. The van der Waals surface area contributed by atoms with Gasteiger partial charge in [-0.15, -0.1) is 0 Å². The lowest BCUT2D eigenvalue weighted by atomic mass is 9.87. The SMILES string of the molecule is CCCOC1(C(=O)NCC(C)(C)c2ccc(F)cn2)CCNCC1. The Kier molecular flexibility index (Phi) is 6.29. The number of amides is 1. The fourth-order valence-corrected chi connectivity index (χ4v) is 2.89. The summed E-state index contributed by atoms with van der Waals surface area (Å²) in [6.07, 6.45) is 3.44. The van der Waals surface area contributed by atoms with Crippen molar-refractivity contribution < 1.29 is 13.9 Å². The van der Waals surface area contributed by atoms with Crippen LogP contribution in [0.1, 0.15) is 45.7 Å². The Hall–Kier alpha value is -1.53. The number of piperidine rings is 1. The highest BCUT2D eigenvalue weighted by atomic mass is 19.1. The molecule has 0 atom stereocenters. The Bertz CT molecular complexity index is 540. The molecule has 0 spiro atoms. The first-order valence-corrected chi connectivity index (χ1v) is 8.65. The Morgan fingerprint density at radius 1 is 1.42 bits per heavy atom.